The Labute approximate surface area is 259 Å². The fourth-order valence-electron chi connectivity index (χ4n) is 6.68. The number of nitriles is 1. The van der Waals surface area contributed by atoms with E-state index in [9.17, 15) is 24.9 Å². The first-order chi connectivity index (χ1) is 21.1. The van der Waals surface area contributed by atoms with Gasteiger partial charge >= 0.3 is 13.2 Å². The number of hydrogen-bond donors (Lipinski definition) is 3. The van der Waals surface area contributed by atoms with Gasteiger partial charge in [-0.2, -0.15) is 5.26 Å². The van der Waals surface area contributed by atoms with Crippen LogP contribution in [0.15, 0.2) is 34.9 Å². The summed E-state index contributed by atoms with van der Waals surface area (Å²) in [5, 5.41) is 33.4. The first kappa shape index (κ1) is 32.3. The normalized spacial score (nSPS) is 22.2. The van der Waals surface area contributed by atoms with Gasteiger partial charge in [0.2, 0.25) is 5.91 Å². The molecule has 3 fully saturated rings. The number of carbonyl (C=O) groups excluding carboxylic acids is 2. The molecule has 44 heavy (non-hydrogen) atoms. The van der Waals surface area contributed by atoms with Crippen LogP contribution in [-0.2, 0) is 20.7 Å². The molecule has 4 heterocycles. The van der Waals surface area contributed by atoms with E-state index in [0.29, 0.717) is 24.6 Å². The summed E-state index contributed by atoms with van der Waals surface area (Å²) in [6.07, 6.45) is 2.24. The smallest absolute Gasteiger partial charge is 0.464 e. The van der Waals surface area contributed by atoms with Crippen LogP contribution in [0.25, 0.3) is 11.0 Å². The van der Waals surface area contributed by atoms with Gasteiger partial charge in [0, 0.05) is 43.6 Å². The highest BCUT2D eigenvalue weighted by Crippen LogP contribution is 2.34. The number of carbonyl (C=O) groups is 2. The SMILES string of the molecule is CC(C(C#N)C(=O)N1CCCC1COC(=O)N[C@@H](Cc1coc2ccccc12)B(O)O)C(C)(C)N1CCN(C2COC2)CC1. The summed E-state index contributed by atoms with van der Waals surface area (Å²) in [6, 6.07) is 9.81. The highest BCUT2D eigenvalue weighted by molar-refractivity contribution is 6.43. The lowest BCUT2D eigenvalue weighted by molar-refractivity contribution is -0.139. The van der Waals surface area contributed by atoms with E-state index < -0.39 is 25.1 Å². The number of furan rings is 1. The van der Waals surface area contributed by atoms with Crippen LogP contribution in [0.1, 0.15) is 39.2 Å². The van der Waals surface area contributed by atoms with Crippen LogP contribution in [0.5, 0.6) is 0 Å². The number of alkyl carbamates (subject to hydrolysis) is 1. The monoisotopic (exact) mass is 609 g/mol. The van der Waals surface area contributed by atoms with Gasteiger partial charge in [-0.1, -0.05) is 25.1 Å². The van der Waals surface area contributed by atoms with Gasteiger partial charge in [0.25, 0.3) is 0 Å². The predicted molar refractivity (Wildman–Crippen MR) is 163 cm³/mol. The topological polar surface area (TPSA) is 152 Å². The van der Waals surface area contributed by atoms with E-state index in [1.165, 1.54) is 6.26 Å². The molecule has 3 N–H and O–H groups in total. The van der Waals surface area contributed by atoms with E-state index >= 15 is 0 Å². The molecule has 2 aromatic rings. The molecule has 1 aromatic carbocycles. The number of piperazine rings is 1. The molecular formula is C31H44BN5O7. The van der Waals surface area contributed by atoms with E-state index in [1.54, 1.807) is 4.90 Å². The average Bonchev–Trinajstić information content (AvgIpc) is 3.62. The van der Waals surface area contributed by atoms with Crippen LogP contribution in [0, 0.1) is 23.2 Å². The maximum atomic E-state index is 13.8. The molecule has 1 aromatic heterocycles. The van der Waals surface area contributed by atoms with Gasteiger partial charge in [0.05, 0.1) is 43.6 Å². The molecule has 238 valence electrons. The number of benzene rings is 1. The van der Waals surface area contributed by atoms with Gasteiger partial charge in [-0.3, -0.25) is 14.6 Å². The lowest BCUT2D eigenvalue weighted by Gasteiger charge is -2.50. The summed E-state index contributed by atoms with van der Waals surface area (Å²) in [4.78, 5) is 33.0. The number of fused-ring (bicyclic) bond motifs is 1. The van der Waals surface area contributed by atoms with E-state index in [0.717, 1.165) is 56.8 Å². The van der Waals surface area contributed by atoms with Crippen LogP contribution in [0.3, 0.4) is 0 Å². The summed E-state index contributed by atoms with van der Waals surface area (Å²) in [6.45, 7) is 11.9. The van der Waals surface area contributed by atoms with Crippen LogP contribution in [-0.4, -0.2) is 120 Å². The second-order valence-corrected chi connectivity index (χ2v) is 12.8. The van der Waals surface area contributed by atoms with Crippen molar-refractivity contribution in [3.63, 3.8) is 0 Å². The Hall–Kier alpha value is -3.15. The molecular weight excluding hydrogens is 565 g/mol. The molecule has 0 bridgehead atoms. The van der Waals surface area contributed by atoms with Crippen molar-refractivity contribution in [2.75, 3.05) is 52.5 Å². The molecule has 2 amide bonds. The fourth-order valence-corrected chi connectivity index (χ4v) is 6.68. The van der Waals surface area contributed by atoms with Crippen molar-refractivity contribution < 1.29 is 33.5 Å². The molecule has 3 aliphatic rings. The molecule has 5 rings (SSSR count). The Bertz CT molecular complexity index is 1330. The number of nitrogens with one attached hydrogen (secondary N) is 1. The Morgan fingerprint density at radius 1 is 1.18 bits per heavy atom. The zero-order chi connectivity index (χ0) is 31.4. The van der Waals surface area contributed by atoms with Crippen molar-refractivity contribution in [2.24, 2.45) is 11.8 Å². The van der Waals surface area contributed by atoms with Crippen LogP contribution >= 0.6 is 0 Å². The number of rotatable bonds is 11. The Morgan fingerprint density at radius 2 is 1.91 bits per heavy atom. The quantitative estimate of drug-likeness (QED) is 0.321. The van der Waals surface area contributed by atoms with Gasteiger partial charge in [-0.15, -0.1) is 0 Å². The predicted octanol–water partition coefficient (Wildman–Crippen LogP) is 1.64. The summed E-state index contributed by atoms with van der Waals surface area (Å²) < 4.78 is 16.4. The maximum Gasteiger partial charge on any atom is 0.475 e. The van der Waals surface area contributed by atoms with Gasteiger partial charge < -0.3 is 34.2 Å². The van der Waals surface area contributed by atoms with Crippen molar-refractivity contribution in [1.29, 1.82) is 5.26 Å². The molecule has 4 atom stereocenters. The summed E-state index contributed by atoms with van der Waals surface area (Å²) >= 11 is 0. The highest BCUT2D eigenvalue weighted by atomic mass is 16.5. The number of para-hydroxylation sites is 1. The van der Waals surface area contributed by atoms with Gasteiger partial charge in [-0.25, -0.2) is 4.79 Å². The van der Waals surface area contributed by atoms with Gasteiger partial charge in [0.15, 0.2) is 0 Å². The minimum absolute atomic E-state index is 0.0524. The first-order valence-corrected chi connectivity index (χ1v) is 15.6. The van der Waals surface area contributed by atoms with E-state index in [2.05, 4.69) is 35.0 Å². The molecule has 13 heteroatoms. The largest absolute Gasteiger partial charge is 0.475 e. The molecule has 0 aliphatic carbocycles. The van der Waals surface area contributed by atoms with Gasteiger partial charge in [0.1, 0.15) is 18.1 Å². The van der Waals surface area contributed by atoms with Crippen molar-refractivity contribution >= 4 is 30.1 Å². The second kappa shape index (κ2) is 13.9. The molecule has 3 aliphatic heterocycles. The van der Waals surface area contributed by atoms with E-state index in [-0.39, 0.29) is 36.4 Å². The Balaban J connectivity index is 1.15. The van der Waals surface area contributed by atoms with Crippen LogP contribution in [0.4, 0.5) is 4.79 Å². The van der Waals surface area contributed by atoms with Crippen molar-refractivity contribution in [1.82, 2.24) is 20.0 Å². The van der Waals surface area contributed by atoms with Crippen molar-refractivity contribution in [3.8, 4) is 6.07 Å². The third-order valence-electron chi connectivity index (χ3n) is 10.0. The number of ether oxygens (including phenoxy) is 2. The van der Waals surface area contributed by atoms with Crippen molar-refractivity contribution in [3.05, 3.63) is 36.1 Å². The zero-order valence-corrected chi connectivity index (χ0v) is 25.9. The summed E-state index contributed by atoms with van der Waals surface area (Å²) in [7, 11) is -1.82. The number of hydrogen-bond acceptors (Lipinski definition) is 10. The summed E-state index contributed by atoms with van der Waals surface area (Å²) in [5.74, 6) is -2.33. The lowest BCUT2D eigenvalue weighted by atomic mass is 9.76. The lowest BCUT2D eigenvalue weighted by Crippen LogP contribution is -2.62. The molecule has 0 saturated carbocycles. The standard InChI is InChI=1S/C31H44BN5O7/c1-21(31(2,3)36-13-11-35(12-14-36)24-18-42-19-24)26(16-33)29(38)37-10-6-7-23(37)20-44-30(39)34-28(32(40)41)15-22-17-43-27-9-5-4-8-25(22)27/h4-5,8-9,17,21,23-24,26,28,40-41H,6-7,10-15,18-20H2,1-3H3,(H,34,39)/t21?,23?,26?,28-/m0/s1. The van der Waals surface area contributed by atoms with E-state index in [1.807, 2.05) is 31.2 Å². The maximum absolute atomic E-state index is 13.8. The summed E-state index contributed by atoms with van der Waals surface area (Å²) in [5.41, 5.74) is 1.02. The number of amides is 2. The molecule has 0 spiro atoms. The van der Waals surface area contributed by atoms with Crippen LogP contribution in [0.2, 0.25) is 0 Å². The molecule has 0 radical (unpaired) electrons. The number of nitrogens with zero attached hydrogens (tertiary/aromatic N) is 4. The van der Waals surface area contributed by atoms with E-state index in [4.69, 9.17) is 13.9 Å². The Kier molecular flexibility index (Phi) is 10.2. The molecule has 3 unspecified atom stereocenters. The van der Waals surface area contributed by atoms with Crippen LogP contribution < -0.4 is 5.32 Å². The number of likely N-dealkylation sites (tertiary alicyclic amines) is 1. The van der Waals surface area contributed by atoms with Crippen molar-refractivity contribution in [2.45, 2.75) is 63.6 Å². The first-order valence-electron chi connectivity index (χ1n) is 15.6. The Morgan fingerprint density at radius 3 is 2.57 bits per heavy atom. The fraction of sp³-hybridized carbons (Fsp3) is 0.645. The molecule has 3 saturated heterocycles. The minimum Gasteiger partial charge on any atom is -0.464 e. The zero-order valence-electron chi connectivity index (χ0n) is 25.9. The third-order valence-corrected chi connectivity index (χ3v) is 10.0. The minimum atomic E-state index is -1.82. The highest BCUT2D eigenvalue weighted by Gasteiger charge is 2.45. The molecule has 12 nitrogen and oxygen atoms in total. The third kappa shape index (κ3) is 6.90. The second-order valence-electron chi connectivity index (χ2n) is 12.8. The van der Waals surface area contributed by atoms with Gasteiger partial charge in [-0.05, 0) is 50.7 Å². The average molecular weight is 610 g/mol.